The SMILES string of the molecule is COc1ccc2cccc(O[C@@H]3C[C@H]4CCC[C@@H](C3)N4)c2c1. The van der Waals surface area contributed by atoms with E-state index in [1.807, 2.05) is 6.07 Å². The van der Waals surface area contributed by atoms with Crippen molar-refractivity contribution in [2.45, 2.75) is 50.3 Å². The van der Waals surface area contributed by atoms with E-state index in [1.54, 1.807) is 7.11 Å². The van der Waals surface area contributed by atoms with Crippen LogP contribution in [0.15, 0.2) is 36.4 Å². The standard InChI is InChI=1S/C19H23NO2/c1-21-16-9-8-13-4-2-7-19(18(13)12-16)22-17-10-14-5-3-6-15(11-17)20-14/h2,4,7-9,12,14-15,17,20H,3,5-6,10-11H2,1H3/t14-,15+,17-. The van der Waals surface area contributed by atoms with Crippen LogP contribution in [0.3, 0.4) is 0 Å². The van der Waals surface area contributed by atoms with Crippen molar-refractivity contribution >= 4 is 10.8 Å². The van der Waals surface area contributed by atoms with Crippen LogP contribution in [0.1, 0.15) is 32.1 Å². The number of piperidine rings is 2. The van der Waals surface area contributed by atoms with Crippen molar-refractivity contribution in [3.05, 3.63) is 36.4 Å². The molecule has 3 nitrogen and oxygen atoms in total. The Morgan fingerprint density at radius 1 is 1.05 bits per heavy atom. The van der Waals surface area contributed by atoms with Crippen LogP contribution >= 0.6 is 0 Å². The summed E-state index contributed by atoms with van der Waals surface area (Å²) in [6.45, 7) is 0. The van der Waals surface area contributed by atoms with Gasteiger partial charge >= 0.3 is 0 Å². The molecule has 2 aromatic rings. The zero-order valence-electron chi connectivity index (χ0n) is 13.0. The van der Waals surface area contributed by atoms with E-state index in [2.05, 4.69) is 35.6 Å². The Bertz CT molecular complexity index is 658. The number of hydrogen-bond acceptors (Lipinski definition) is 3. The molecule has 0 aromatic heterocycles. The van der Waals surface area contributed by atoms with Gasteiger partial charge in [0.1, 0.15) is 17.6 Å². The van der Waals surface area contributed by atoms with Crippen molar-refractivity contribution in [1.82, 2.24) is 5.32 Å². The minimum absolute atomic E-state index is 0.327. The second-order valence-corrected chi connectivity index (χ2v) is 6.55. The van der Waals surface area contributed by atoms with E-state index >= 15 is 0 Å². The largest absolute Gasteiger partial charge is 0.497 e. The Morgan fingerprint density at radius 3 is 2.64 bits per heavy atom. The molecule has 2 aromatic carbocycles. The second kappa shape index (κ2) is 5.81. The topological polar surface area (TPSA) is 30.5 Å². The van der Waals surface area contributed by atoms with Crippen molar-refractivity contribution in [3.63, 3.8) is 0 Å². The third-order valence-electron chi connectivity index (χ3n) is 5.01. The molecule has 3 atom stereocenters. The summed E-state index contributed by atoms with van der Waals surface area (Å²) in [6, 6.07) is 13.7. The summed E-state index contributed by atoms with van der Waals surface area (Å²) in [6.07, 6.45) is 6.52. The zero-order chi connectivity index (χ0) is 14.9. The first kappa shape index (κ1) is 13.9. The van der Waals surface area contributed by atoms with Gasteiger partial charge in [-0.1, -0.05) is 24.6 Å². The molecule has 0 radical (unpaired) electrons. The van der Waals surface area contributed by atoms with Crippen LogP contribution in [0, 0.1) is 0 Å². The summed E-state index contributed by atoms with van der Waals surface area (Å²) in [5.74, 6) is 1.87. The van der Waals surface area contributed by atoms with E-state index < -0.39 is 0 Å². The van der Waals surface area contributed by atoms with Crippen molar-refractivity contribution in [1.29, 1.82) is 0 Å². The average molecular weight is 297 g/mol. The van der Waals surface area contributed by atoms with Crippen LogP contribution < -0.4 is 14.8 Å². The molecule has 22 heavy (non-hydrogen) atoms. The minimum Gasteiger partial charge on any atom is -0.497 e. The maximum absolute atomic E-state index is 6.41. The van der Waals surface area contributed by atoms with Gasteiger partial charge in [-0.25, -0.2) is 0 Å². The molecule has 2 fully saturated rings. The molecular formula is C19H23NO2. The summed E-state index contributed by atoms with van der Waals surface area (Å²) in [5.41, 5.74) is 0. The molecule has 0 spiro atoms. The Kier molecular flexibility index (Phi) is 3.67. The third kappa shape index (κ3) is 2.66. The van der Waals surface area contributed by atoms with Crippen LogP contribution in [-0.4, -0.2) is 25.3 Å². The molecule has 2 bridgehead atoms. The highest BCUT2D eigenvalue weighted by atomic mass is 16.5. The smallest absolute Gasteiger partial charge is 0.127 e. The second-order valence-electron chi connectivity index (χ2n) is 6.55. The van der Waals surface area contributed by atoms with E-state index in [9.17, 15) is 0 Å². The highest BCUT2D eigenvalue weighted by molar-refractivity contribution is 5.89. The first-order chi connectivity index (χ1) is 10.8. The van der Waals surface area contributed by atoms with E-state index in [0.29, 0.717) is 18.2 Å². The molecule has 2 saturated heterocycles. The molecule has 4 rings (SSSR count). The zero-order valence-corrected chi connectivity index (χ0v) is 13.0. The Hall–Kier alpha value is -1.74. The van der Waals surface area contributed by atoms with Gasteiger partial charge in [0.05, 0.1) is 7.11 Å². The Labute approximate surface area is 131 Å². The Morgan fingerprint density at radius 2 is 1.86 bits per heavy atom. The fraction of sp³-hybridized carbons (Fsp3) is 0.474. The first-order valence-corrected chi connectivity index (χ1v) is 8.31. The number of fused-ring (bicyclic) bond motifs is 3. The van der Waals surface area contributed by atoms with E-state index in [1.165, 1.54) is 24.6 Å². The molecule has 0 saturated carbocycles. The van der Waals surface area contributed by atoms with E-state index in [-0.39, 0.29) is 0 Å². The van der Waals surface area contributed by atoms with Gasteiger partial charge in [-0.15, -0.1) is 0 Å². The van der Waals surface area contributed by atoms with Crippen LogP contribution in [-0.2, 0) is 0 Å². The third-order valence-corrected chi connectivity index (χ3v) is 5.01. The van der Waals surface area contributed by atoms with Gasteiger partial charge in [-0.2, -0.15) is 0 Å². The fourth-order valence-electron chi connectivity index (χ4n) is 3.94. The highest BCUT2D eigenvalue weighted by Gasteiger charge is 2.32. The number of benzene rings is 2. The molecular weight excluding hydrogens is 274 g/mol. The lowest BCUT2D eigenvalue weighted by molar-refractivity contribution is 0.0939. The van der Waals surface area contributed by atoms with Crippen molar-refractivity contribution in [2.75, 3.05) is 7.11 Å². The molecule has 1 N–H and O–H groups in total. The molecule has 0 unspecified atom stereocenters. The van der Waals surface area contributed by atoms with Gasteiger partial charge in [-0.05, 0) is 49.3 Å². The minimum atomic E-state index is 0.327. The molecule has 2 heterocycles. The summed E-state index contributed by atoms with van der Waals surface area (Å²) in [5, 5.41) is 6.07. The van der Waals surface area contributed by atoms with Gasteiger partial charge in [0.2, 0.25) is 0 Å². The van der Waals surface area contributed by atoms with Gasteiger partial charge in [0.25, 0.3) is 0 Å². The molecule has 0 aliphatic carbocycles. The molecule has 2 aliphatic rings. The summed E-state index contributed by atoms with van der Waals surface area (Å²) in [4.78, 5) is 0. The predicted octanol–water partition coefficient (Wildman–Crippen LogP) is 3.90. The van der Waals surface area contributed by atoms with Crippen LogP contribution in [0.2, 0.25) is 0 Å². The van der Waals surface area contributed by atoms with Gasteiger partial charge in [-0.3, -0.25) is 0 Å². The van der Waals surface area contributed by atoms with E-state index in [4.69, 9.17) is 9.47 Å². The lowest BCUT2D eigenvalue weighted by atomic mass is 9.85. The monoisotopic (exact) mass is 297 g/mol. The van der Waals surface area contributed by atoms with E-state index in [0.717, 1.165) is 29.7 Å². The maximum Gasteiger partial charge on any atom is 0.127 e. The average Bonchev–Trinajstić information content (AvgIpc) is 2.54. The number of hydrogen-bond donors (Lipinski definition) is 1. The fourth-order valence-corrected chi connectivity index (χ4v) is 3.94. The quantitative estimate of drug-likeness (QED) is 0.932. The van der Waals surface area contributed by atoms with Gasteiger partial charge in [0, 0.05) is 17.5 Å². The number of ether oxygens (including phenoxy) is 2. The number of methoxy groups -OCH3 is 1. The number of nitrogens with one attached hydrogen (secondary N) is 1. The van der Waals surface area contributed by atoms with Crippen molar-refractivity contribution < 1.29 is 9.47 Å². The summed E-state index contributed by atoms with van der Waals surface area (Å²) < 4.78 is 11.8. The molecule has 2 aliphatic heterocycles. The van der Waals surface area contributed by atoms with Crippen LogP contribution in [0.4, 0.5) is 0 Å². The summed E-state index contributed by atoms with van der Waals surface area (Å²) >= 11 is 0. The molecule has 116 valence electrons. The van der Waals surface area contributed by atoms with Crippen LogP contribution in [0.5, 0.6) is 11.5 Å². The van der Waals surface area contributed by atoms with Gasteiger partial charge < -0.3 is 14.8 Å². The van der Waals surface area contributed by atoms with Crippen molar-refractivity contribution in [2.24, 2.45) is 0 Å². The van der Waals surface area contributed by atoms with Gasteiger partial charge in [0.15, 0.2) is 0 Å². The first-order valence-electron chi connectivity index (χ1n) is 8.31. The molecule has 0 amide bonds. The lowest BCUT2D eigenvalue weighted by Gasteiger charge is -2.40. The predicted molar refractivity (Wildman–Crippen MR) is 88.7 cm³/mol. The normalized spacial score (nSPS) is 27.6. The van der Waals surface area contributed by atoms with Crippen molar-refractivity contribution in [3.8, 4) is 11.5 Å². The summed E-state index contributed by atoms with van der Waals surface area (Å²) in [7, 11) is 1.71. The highest BCUT2D eigenvalue weighted by Crippen LogP contribution is 2.33. The Balaban J connectivity index is 1.61. The maximum atomic E-state index is 6.41. The molecule has 3 heteroatoms. The number of rotatable bonds is 3. The lowest BCUT2D eigenvalue weighted by Crippen LogP contribution is -2.51. The van der Waals surface area contributed by atoms with Crippen LogP contribution in [0.25, 0.3) is 10.8 Å².